The van der Waals surface area contributed by atoms with Crippen LogP contribution in [0.1, 0.15) is 124 Å². The minimum absolute atomic E-state index is 0.00170. The lowest BCUT2D eigenvalue weighted by Gasteiger charge is -2.42. The van der Waals surface area contributed by atoms with Crippen molar-refractivity contribution in [3.05, 3.63) is 97.2 Å². The minimum Gasteiger partial charge on any atom is -0.394 e. The monoisotopic (exact) mass is 1210 g/mol. The van der Waals surface area contributed by atoms with Crippen molar-refractivity contribution < 1.29 is 113 Å². The molecular formula is C59H100O23S. The summed E-state index contributed by atoms with van der Waals surface area (Å²) in [6.07, 6.45) is -7.11. The molecule has 2 heterocycles. The largest absolute Gasteiger partial charge is 0.397 e. The Kier molecular flexibility index (Phi) is 36.5. The Morgan fingerprint density at radius 2 is 1.19 bits per heavy atom. The van der Waals surface area contributed by atoms with Crippen LogP contribution in [0.2, 0.25) is 0 Å². The summed E-state index contributed by atoms with van der Waals surface area (Å²) in [5.41, 5.74) is 0.467. The highest BCUT2D eigenvalue weighted by Crippen LogP contribution is 2.32. The molecule has 0 bridgehead atoms. The number of rotatable bonds is 41. The number of hydrogen-bond donors (Lipinski definition) is 18. The van der Waals surface area contributed by atoms with Crippen LogP contribution in [0.4, 0.5) is 0 Å². The van der Waals surface area contributed by atoms with Gasteiger partial charge in [-0.05, 0) is 108 Å². The molecule has 18 N–H and O–H groups in total. The molecule has 2 rings (SSSR count). The molecule has 23 nitrogen and oxygen atoms in total. The van der Waals surface area contributed by atoms with Gasteiger partial charge in [0.1, 0.15) is 67.1 Å². The summed E-state index contributed by atoms with van der Waals surface area (Å²) >= 11 is 0. The van der Waals surface area contributed by atoms with Gasteiger partial charge in [0.15, 0.2) is 0 Å². The third kappa shape index (κ3) is 28.6. The fraction of sp³-hybridized carbons (Fsp3) is 0.729. The molecule has 2 aliphatic rings. The Balaban J connectivity index is 1.86. The number of aliphatic hydroxyl groups is 17. The fourth-order valence-corrected chi connectivity index (χ4v) is 10.3. The normalized spacial score (nSPS) is 27.9. The van der Waals surface area contributed by atoms with Crippen molar-refractivity contribution in [1.29, 1.82) is 0 Å². The quantitative estimate of drug-likeness (QED) is 0.0171. The summed E-state index contributed by atoms with van der Waals surface area (Å²) < 4.78 is 46.4. The minimum atomic E-state index is -4.72. The van der Waals surface area contributed by atoms with E-state index in [1.54, 1.807) is 32.1 Å². The first kappa shape index (κ1) is 76.1. The second-order valence-electron chi connectivity index (χ2n) is 22.4. The molecule has 0 aromatic rings. The molecule has 0 radical (unpaired) electrons. The van der Waals surface area contributed by atoms with Crippen LogP contribution in [0.3, 0.4) is 0 Å². The van der Waals surface area contributed by atoms with E-state index in [1.807, 2.05) is 49.5 Å². The second-order valence-corrected chi connectivity index (χ2v) is 23.5. The van der Waals surface area contributed by atoms with Gasteiger partial charge in [0.2, 0.25) is 0 Å². The molecule has 2 aliphatic heterocycles. The van der Waals surface area contributed by atoms with Crippen LogP contribution < -0.4 is 0 Å². The maximum Gasteiger partial charge on any atom is 0.397 e. The van der Waals surface area contributed by atoms with Crippen molar-refractivity contribution in [3.8, 4) is 0 Å². The molecule has 0 aliphatic carbocycles. The van der Waals surface area contributed by atoms with E-state index in [1.165, 1.54) is 12.2 Å². The summed E-state index contributed by atoms with van der Waals surface area (Å²) in [5.74, 6) is -0.765. The van der Waals surface area contributed by atoms with Crippen LogP contribution in [-0.2, 0) is 24.1 Å². The summed E-state index contributed by atoms with van der Waals surface area (Å²) in [7, 11) is -4.72. The highest BCUT2D eigenvalue weighted by molar-refractivity contribution is 7.80. The van der Waals surface area contributed by atoms with Crippen molar-refractivity contribution in [2.24, 2.45) is 11.8 Å². The second kappa shape index (κ2) is 39.7. The Morgan fingerprint density at radius 1 is 0.639 bits per heavy atom. The highest BCUT2D eigenvalue weighted by atomic mass is 32.3. The molecule has 0 aromatic carbocycles. The van der Waals surface area contributed by atoms with Gasteiger partial charge in [-0.15, -0.1) is 6.58 Å². The van der Waals surface area contributed by atoms with Crippen LogP contribution in [0.15, 0.2) is 97.2 Å². The Labute approximate surface area is 489 Å². The molecule has 480 valence electrons. The molecule has 0 spiro atoms. The van der Waals surface area contributed by atoms with E-state index >= 15 is 0 Å². The van der Waals surface area contributed by atoms with E-state index in [-0.39, 0.29) is 75.7 Å². The van der Waals surface area contributed by atoms with Gasteiger partial charge in [0.05, 0.1) is 67.6 Å². The van der Waals surface area contributed by atoms with Crippen molar-refractivity contribution in [2.45, 2.75) is 252 Å². The molecule has 0 amide bonds. The average Bonchev–Trinajstić information content (AvgIpc) is 3.44. The third-order valence-corrected chi connectivity index (χ3v) is 15.6. The summed E-state index contributed by atoms with van der Waals surface area (Å²) in [6, 6.07) is 0. The number of unbranched alkanes of at least 4 members (excludes halogenated alkanes) is 2. The third-order valence-electron chi connectivity index (χ3n) is 15.1. The van der Waals surface area contributed by atoms with Gasteiger partial charge in [0, 0.05) is 19.3 Å². The molecule has 23 atom stereocenters. The first-order valence-electron chi connectivity index (χ1n) is 28.7. The van der Waals surface area contributed by atoms with Gasteiger partial charge >= 0.3 is 10.4 Å². The lowest BCUT2D eigenvalue weighted by atomic mass is 9.86. The van der Waals surface area contributed by atoms with Crippen LogP contribution in [0.5, 0.6) is 0 Å². The van der Waals surface area contributed by atoms with Gasteiger partial charge in [-0.3, -0.25) is 4.55 Å². The molecule has 2 fully saturated rings. The van der Waals surface area contributed by atoms with E-state index in [0.29, 0.717) is 31.3 Å². The van der Waals surface area contributed by atoms with Gasteiger partial charge in [-0.2, -0.15) is 8.42 Å². The molecule has 0 aromatic heterocycles. The summed E-state index contributed by atoms with van der Waals surface area (Å²) in [6.45, 7) is 11.9. The summed E-state index contributed by atoms with van der Waals surface area (Å²) in [5, 5.41) is 183. The lowest BCUT2D eigenvalue weighted by Crippen LogP contribution is -2.59. The first-order valence-corrected chi connectivity index (χ1v) is 30.1. The number of hydrogen-bond acceptors (Lipinski definition) is 22. The van der Waals surface area contributed by atoms with Gasteiger partial charge in [0.25, 0.3) is 0 Å². The number of aliphatic hydroxyl groups excluding tert-OH is 17. The zero-order valence-electron chi connectivity index (χ0n) is 48.1. The van der Waals surface area contributed by atoms with Crippen LogP contribution in [0.25, 0.3) is 0 Å². The van der Waals surface area contributed by atoms with Crippen LogP contribution in [-0.4, -0.2) is 235 Å². The van der Waals surface area contributed by atoms with E-state index in [9.17, 15) is 95.2 Å². The predicted molar refractivity (Wildman–Crippen MR) is 308 cm³/mol. The highest BCUT2D eigenvalue weighted by Gasteiger charge is 2.47. The Hall–Kier alpha value is -2.97. The average molecular weight is 1210 g/mol. The van der Waals surface area contributed by atoms with E-state index in [4.69, 9.17) is 14.0 Å². The van der Waals surface area contributed by atoms with Crippen molar-refractivity contribution in [1.82, 2.24) is 0 Å². The van der Waals surface area contributed by atoms with Crippen LogP contribution in [0, 0.1) is 11.8 Å². The molecule has 0 saturated carbocycles. The topological polar surface area (TPSA) is 426 Å². The lowest BCUT2D eigenvalue weighted by molar-refractivity contribution is -0.234. The predicted octanol–water partition coefficient (Wildman–Crippen LogP) is 0.459. The van der Waals surface area contributed by atoms with E-state index < -0.39 is 151 Å². The number of allylic oxidation sites excluding steroid dienone is 10. The van der Waals surface area contributed by atoms with Gasteiger partial charge in [-0.25, -0.2) is 4.18 Å². The van der Waals surface area contributed by atoms with Crippen molar-refractivity contribution in [2.75, 3.05) is 6.61 Å². The maximum absolute atomic E-state index is 11.2. The zero-order chi connectivity index (χ0) is 62.6. The van der Waals surface area contributed by atoms with Gasteiger partial charge < -0.3 is 96.3 Å². The Morgan fingerprint density at radius 3 is 1.78 bits per heavy atom. The Bertz CT molecular complexity index is 2120. The van der Waals surface area contributed by atoms with Gasteiger partial charge in [-0.1, -0.05) is 98.9 Å². The fourth-order valence-electron chi connectivity index (χ4n) is 9.85. The molecule has 83 heavy (non-hydrogen) atoms. The first-order chi connectivity index (χ1) is 39.0. The SMILES string of the molecule is C=CCC/C=C/C=C/C=C/CC/C=C/[C@@H](O)[C@H](O)[C@@H]1O[C@@H]([C@H](O)[C@H](O)C(=C)CC[C@@H](O)[C@H]2C[C@@H](O)[C@@H](O)[C@H]([C@@H](O)[C@H](O)/C=C(\C)CC[C@H](O)C[C@H](O)[C@H](O)[C@@H](C)C[C@H](O)[C@@H](O)C[C@H](C)CC/C=C/C[C@H](CO)OS(=O)(=O)O)O2)C[C@@H](O)[C@H]1O. The molecule has 2 saturated heterocycles. The molecule has 24 heteroatoms. The summed E-state index contributed by atoms with van der Waals surface area (Å²) in [4.78, 5) is 0. The molecule has 0 unspecified atom stereocenters. The smallest absolute Gasteiger partial charge is 0.394 e. The molecular weight excluding hydrogens is 1110 g/mol. The standard InChI is InChI=1S/C59H100O23S/c1-6-7-8-9-10-11-12-13-14-15-16-20-23-42(63)53(72)58-56(75)48(69)33-50(81-58)57(76)52(71)37(4)25-27-41(62)49-32-47(68)55(74)59(80-49)54(73)45(66)29-36(3)24-26-39(61)31-46(67)51(70)38(5)30-44(65)43(64)28-35(2)21-18-17-19-22-40(34-60)82-83(77,78)79/h6,9-14,17,19-20,23,29,35,38-76H,1,4,7-8,15-16,18,21-22,24-28,30-34H2,2-3,5H3,(H,77,78,79)/b10-9+,12-11+,14-13+,19-17+,23-20+,36-29+/t35-,38+,39+,40-,41-,42-,43+,44+,45-,46+,47-,48-,49-,50-,51-,52-,53+,54+,55-,56-,57+,58+,59+/m1/s1. The van der Waals surface area contributed by atoms with Crippen LogP contribution >= 0.6 is 0 Å². The van der Waals surface area contributed by atoms with Crippen molar-refractivity contribution >= 4 is 10.4 Å². The van der Waals surface area contributed by atoms with E-state index in [0.717, 1.165) is 12.8 Å². The van der Waals surface area contributed by atoms with Crippen molar-refractivity contribution in [3.63, 3.8) is 0 Å². The zero-order valence-corrected chi connectivity index (χ0v) is 49.0. The van der Waals surface area contributed by atoms with E-state index in [2.05, 4.69) is 17.3 Å². The maximum atomic E-state index is 11.2. The number of ether oxygens (including phenoxy) is 2.